The van der Waals surface area contributed by atoms with E-state index < -0.39 is 5.97 Å². The van der Waals surface area contributed by atoms with Gasteiger partial charge >= 0.3 is 5.97 Å². The normalized spacial score (nSPS) is 9.89. The minimum absolute atomic E-state index is 0.0755. The van der Waals surface area contributed by atoms with Crippen LogP contribution in [0.25, 0.3) is 10.9 Å². The van der Waals surface area contributed by atoms with Crippen LogP contribution in [-0.4, -0.2) is 29.2 Å². The first-order valence-corrected chi connectivity index (χ1v) is 5.70. The highest BCUT2D eigenvalue weighted by Crippen LogP contribution is 2.22. The van der Waals surface area contributed by atoms with Crippen molar-refractivity contribution in [2.24, 2.45) is 0 Å². The molecule has 6 nitrogen and oxygen atoms in total. The van der Waals surface area contributed by atoms with Gasteiger partial charge in [-0.3, -0.25) is 0 Å². The topological polar surface area (TPSA) is 85.1 Å². The standard InChI is InChI=1S/C13H11N3O3/c1-2-18-13(17)11-15-10-6-4-3-5-9(10)12(16-11)19-8-7-14/h3-6H,2,8H2,1H3. The maximum atomic E-state index is 11.6. The third kappa shape index (κ3) is 2.77. The molecule has 0 bridgehead atoms. The average Bonchev–Trinajstić information content (AvgIpc) is 2.44. The van der Waals surface area contributed by atoms with Gasteiger partial charge in [0.2, 0.25) is 11.7 Å². The van der Waals surface area contributed by atoms with E-state index in [1.807, 2.05) is 6.07 Å². The smallest absolute Gasteiger partial charge is 0.376 e. The summed E-state index contributed by atoms with van der Waals surface area (Å²) in [6.07, 6.45) is 0. The molecule has 0 saturated carbocycles. The molecule has 0 aliphatic heterocycles. The maximum Gasteiger partial charge on any atom is 0.376 e. The van der Waals surface area contributed by atoms with Gasteiger partial charge in [-0.05, 0) is 19.1 Å². The summed E-state index contributed by atoms with van der Waals surface area (Å²) in [5.74, 6) is -0.487. The van der Waals surface area contributed by atoms with E-state index in [4.69, 9.17) is 14.7 Å². The molecule has 6 heteroatoms. The number of esters is 1. The van der Waals surface area contributed by atoms with Gasteiger partial charge in [0.05, 0.1) is 17.5 Å². The molecule has 0 aliphatic rings. The first-order chi connectivity index (χ1) is 9.26. The van der Waals surface area contributed by atoms with Crippen LogP contribution >= 0.6 is 0 Å². The Bertz CT molecular complexity index is 649. The molecule has 0 atom stereocenters. The summed E-state index contributed by atoms with van der Waals surface area (Å²) < 4.78 is 10.1. The number of carbonyl (C=O) groups excluding carboxylic acids is 1. The van der Waals surface area contributed by atoms with Crippen LogP contribution in [0, 0.1) is 11.3 Å². The Kier molecular flexibility index (Phi) is 3.88. The molecule has 0 fully saturated rings. The molecule has 19 heavy (non-hydrogen) atoms. The summed E-state index contributed by atoms with van der Waals surface area (Å²) in [6, 6.07) is 8.94. The highest BCUT2D eigenvalue weighted by atomic mass is 16.5. The predicted octanol–water partition coefficient (Wildman–Crippen LogP) is 1.71. The Labute approximate surface area is 109 Å². The van der Waals surface area contributed by atoms with E-state index in [1.165, 1.54) is 0 Å². The van der Waals surface area contributed by atoms with E-state index in [9.17, 15) is 4.79 Å². The van der Waals surface area contributed by atoms with Crippen LogP contribution in [0.5, 0.6) is 5.88 Å². The van der Waals surface area contributed by atoms with E-state index >= 15 is 0 Å². The Morgan fingerprint density at radius 2 is 2.16 bits per heavy atom. The summed E-state index contributed by atoms with van der Waals surface area (Å²) in [5, 5.41) is 9.20. The number of hydrogen-bond donors (Lipinski definition) is 0. The third-order valence-electron chi connectivity index (χ3n) is 2.30. The van der Waals surface area contributed by atoms with Crippen LogP contribution in [0.2, 0.25) is 0 Å². The number of aromatic nitrogens is 2. The lowest BCUT2D eigenvalue weighted by Gasteiger charge is -2.07. The molecular formula is C13H11N3O3. The monoisotopic (exact) mass is 257 g/mol. The van der Waals surface area contributed by atoms with Crippen molar-refractivity contribution in [3.8, 4) is 11.9 Å². The van der Waals surface area contributed by atoms with Crippen molar-refractivity contribution >= 4 is 16.9 Å². The van der Waals surface area contributed by atoms with Gasteiger partial charge in [-0.1, -0.05) is 12.1 Å². The van der Waals surface area contributed by atoms with Crippen LogP contribution in [0.15, 0.2) is 24.3 Å². The first-order valence-electron chi connectivity index (χ1n) is 5.70. The number of nitriles is 1. The lowest BCUT2D eigenvalue weighted by molar-refractivity contribution is 0.0511. The third-order valence-corrected chi connectivity index (χ3v) is 2.30. The fraction of sp³-hybridized carbons (Fsp3) is 0.231. The molecular weight excluding hydrogens is 246 g/mol. The zero-order valence-electron chi connectivity index (χ0n) is 10.3. The summed E-state index contributed by atoms with van der Waals surface area (Å²) in [7, 11) is 0. The number of rotatable bonds is 4. The number of benzene rings is 1. The zero-order valence-corrected chi connectivity index (χ0v) is 10.3. The van der Waals surface area contributed by atoms with Gasteiger partial charge < -0.3 is 9.47 Å². The molecule has 0 saturated heterocycles. The Morgan fingerprint density at radius 3 is 2.89 bits per heavy atom. The van der Waals surface area contributed by atoms with Crippen molar-refractivity contribution < 1.29 is 14.3 Å². The summed E-state index contributed by atoms with van der Waals surface area (Å²) in [6.45, 7) is 1.79. The summed E-state index contributed by atoms with van der Waals surface area (Å²) in [5.41, 5.74) is 0.563. The SMILES string of the molecule is CCOC(=O)c1nc(OCC#N)c2ccccc2n1. The molecule has 0 aliphatic carbocycles. The Balaban J connectivity index is 2.50. The van der Waals surface area contributed by atoms with Crippen molar-refractivity contribution in [2.75, 3.05) is 13.2 Å². The lowest BCUT2D eigenvalue weighted by atomic mass is 10.2. The van der Waals surface area contributed by atoms with Crippen LogP contribution in [0.1, 0.15) is 17.5 Å². The van der Waals surface area contributed by atoms with Crippen molar-refractivity contribution in [3.63, 3.8) is 0 Å². The fourth-order valence-corrected chi connectivity index (χ4v) is 1.55. The van der Waals surface area contributed by atoms with E-state index in [-0.39, 0.29) is 24.9 Å². The number of nitrogens with zero attached hydrogens (tertiary/aromatic N) is 3. The largest absolute Gasteiger partial charge is 0.462 e. The summed E-state index contributed by atoms with van der Waals surface area (Å²) in [4.78, 5) is 19.8. The van der Waals surface area contributed by atoms with Crippen LogP contribution in [0.4, 0.5) is 0 Å². The highest BCUT2D eigenvalue weighted by Gasteiger charge is 2.15. The number of carbonyl (C=O) groups is 1. The Morgan fingerprint density at radius 1 is 1.37 bits per heavy atom. The molecule has 96 valence electrons. The quantitative estimate of drug-likeness (QED) is 0.775. The second kappa shape index (κ2) is 5.78. The van der Waals surface area contributed by atoms with E-state index in [2.05, 4.69) is 9.97 Å². The molecule has 0 spiro atoms. The number of ether oxygens (including phenoxy) is 2. The molecule has 0 radical (unpaired) electrons. The van der Waals surface area contributed by atoms with Gasteiger partial charge in [0.15, 0.2) is 6.61 Å². The predicted molar refractivity (Wildman–Crippen MR) is 66.6 cm³/mol. The van der Waals surface area contributed by atoms with Crippen molar-refractivity contribution in [3.05, 3.63) is 30.1 Å². The minimum Gasteiger partial charge on any atom is -0.462 e. The van der Waals surface area contributed by atoms with E-state index in [1.54, 1.807) is 31.2 Å². The van der Waals surface area contributed by atoms with Crippen LogP contribution in [-0.2, 0) is 4.74 Å². The molecule has 0 N–H and O–H groups in total. The Hall–Kier alpha value is -2.68. The van der Waals surface area contributed by atoms with Gasteiger partial charge in [0.1, 0.15) is 6.07 Å². The molecule has 1 aromatic heterocycles. The van der Waals surface area contributed by atoms with E-state index in [0.29, 0.717) is 10.9 Å². The highest BCUT2D eigenvalue weighted by molar-refractivity contribution is 5.90. The lowest BCUT2D eigenvalue weighted by Crippen LogP contribution is -2.11. The van der Waals surface area contributed by atoms with Crippen LogP contribution < -0.4 is 4.74 Å². The number of para-hydroxylation sites is 1. The van der Waals surface area contributed by atoms with E-state index in [0.717, 1.165) is 0 Å². The fourth-order valence-electron chi connectivity index (χ4n) is 1.55. The average molecular weight is 257 g/mol. The molecule has 1 heterocycles. The van der Waals surface area contributed by atoms with Crippen molar-refractivity contribution in [1.82, 2.24) is 9.97 Å². The van der Waals surface area contributed by atoms with Gasteiger partial charge in [-0.15, -0.1) is 0 Å². The molecule has 2 rings (SSSR count). The second-order valence-corrected chi connectivity index (χ2v) is 3.54. The maximum absolute atomic E-state index is 11.6. The summed E-state index contributed by atoms with van der Waals surface area (Å²) >= 11 is 0. The number of fused-ring (bicyclic) bond motifs is 1. The molecule has 1 aromatic carbocycles. The van der Waals surface area contributed by atoms with Crippen LogP contribution in [0.3, 0.4) is 0 Å². The van der Waals surface area contributed by atoms with Crippen molar-refractivity contribution in [2.45, 2.75) is 6.92 Å². The molecule has 0 amide bonds. The number of hydrogen-bond acceptors (Lipinski definition) is 6. The van der Waals surface area contributed by atoms with Gasteiger partial charge in [0, 0.05) is 0 Å². The molecule has 2 aromatic rings. The van der Waals surface area contributed by atoms with Gasteiger partial charge in [0.25, 0.3) is 0 Å². The van der Waals surface area contributed by atoms with Gasteiger partial charge in [-0.2, -0.15) is 10.2 Å². The zero-order chi connectivity index (χ0) is 13.7. The first kappa shape index (κ1) is 12.8. The minimum atomic E-state index is -0.616. The van der Waals surface area contributed by atoms with Gasteiger partial charge in [-0.25, -0.2) is 9.78 Å². The molecule has 0 unspecified atom stereocenters. The second-order valence-electron chi connectivity index (χ2n) is 3.54. The van der Waals surface area contributed by atoms with Crippen molar-refractivity contribution in [1.29, 1.82) is 5.26 Å².